The molecule has 31 heavy (non-hydrogen) atoms. The Bertz CT molecular complexity index is 1360. The van der Waals surface area contributed by atoms with Gasteiger partial charge >= 0.3 is 0 Å². The van der Waals surface area contributed by atoms with Crippen LogP contribution in [0.5, 0.6) is 5.75 Å². The monoisotopic (exact) mass is 435 g/mol. The fraction of sp³-hybridized carbons (Fsp3) is 0.292. The summed E-state index contributed by atoms with van der Waals surface area (Å²) in [5, 5.41) is 9.18. The predicted molar refractivity (Wildman–Crippen MR) is 121 cm³/mol. The minimum absolute atomic E-state index is 0.0273. The van der Waals surface area contributed by atoms with Crippen LogP contribution in [0.25, 0.3) is 21.7 Å². The van der Waals surface area contributed by atoms with Crippen LogP contribution in [0.1, 0.15) is 20.3 Å². The standard InChI is InChI=1S/C24H25N3O3S/c1-16(2)27-13-12-19(15-27)30-18-10-11-22-21(14-18)24(26-25-22)31(28,29)23-9-5-7-17-6-3-4-8-20(17)23/h3-11,14,16,19H,12-13,15H2,1-2H3,(H,25,26). The quantitative estimate of drug-likeness (QED) is 0.503. The van der Waals surface area contributed by atoms with Gasteiger partial charge in [0.25, 0.3) is 0 Å². The van der Waals surface area contributed by atoms with E-state index in [1.165, 1.54) is 0 Å². The second-order valence-corrected chi connectivity index (χ2v) is 10.2. The molecule has 2 heterocycles. The highest BCUT2D eigenvalue weighted by Crippen LogP contribution is 2.33. The molecule has 1 aromatic heterocycles. The Labute approximate surface area is 181 Å². The first kappa shape index (κ1) is 20.0. The second kappa shape index (κ2) is 7.66. The first-order chi connectivity index (χ1) is 14.9. The summed E-state index contributed by atoms with van der Waals surface area (Å²) in [5.74, 6) is 0.666. The molecular weight excluding hydrogens is 410 g/mol. The molecule has 6 nitrogen and oxygen atoms in total. The zero-order valence-corrected chi connectivity index (χ0v) is 18.4. The molecular formula is C24H25N3O3S. The van der Waals surface area contributed by atoms with Gasteiger partial charge < -0.3 is 4.74 Å². The Balaban J connectivity index is 1.52. The summed E-state index contributed by atoms with van der Waals surface area (Å²) >= 11 is 0. The molecule has 0 aliphatic carbocycles. The lowest BCUT2D eigenvalue weighted by molar-refractivity contribution is 0.187. The number of nitrogens with one attached hydrogen (secondary N) is 1. The van der Waals surface area contributed by atoms with E-state index < -0.39 is 9.84 Å². The number of likely N-dealkylation sites (tertiary alicyclic amines) is 1. The minimum Gasteiger partial charge on any atom is -0.489 e. The molecule has 0 bridgehead atoms. The van der Waals surface area contributed by atoms with Crippen molar-refractivity contribution in [3.05, 3.63) is 60.7 Å². The third kappa shape index (κ3) is 3.58. The van der Waals surface area contributed by atoms with Crippen molar-refractivity contribution in [2.24, 2.45) is 0 Å². The van der Waals surface area contributed by atoms with Crippen LogP contribution >= 0.6 is 0 Å². The highest BCUT2D eigenvalue weighted by Gasteiger charge is 2.28. The summed E-state index contributed by atoms with van der Waals surface area (Å²) in [5.41, 5.74) is 0.668. The highest BCUT2D eigenvalue weighted by molar-refractivity contribution is 7.91. The van der Waals surface area contributed by atoms with Crippen molar-refractivity contribution in [1.82, 2.24) is 15.1 Å². The molecule has 0 radical (unpaired) electrons. The van der Waals surface area contributed by atoms with Gasteiger partial charge in [-0.1, -0.05) is 36.4 Å². The summed E-state index contributed by atoms with van der Waals surface area (Å²) in [6, 6.07) is 18.8. The number of nitrogens with zero attached hydrogens (tertiary/aromatic N) is 2. The van der Waals surface area contributed by atoms with Crippen LogP contribution in [-0.4, -0.2) is 48.8 Å². The van der Waals surface area contributed by atoms with Gasteiger partial charge in [-0.3, -0.25) is 10.00 Å². The zero-order chi connectivity index (χ0) is 21.6. The van der Waals surface area contributed by atoms with E-state index in [0.717, 1.165) is 24.9 Å². The molecule has 5 rings (SSSR count). The van der Waals surface area contributed by atoms with E-state index in [-0.39, 0.29) is 16.0 Å². The van der Waals surface area contributed by atoms with Crippen LogP contribution in [0, 0.1) is 0 Å². The fourth-order valence-corrected chi connectivity index (χ4v) is 5.86. The summed E-state index contributed by atoms with van der Waals surface area (Å²) in [7, 11) is -3.82. The van der Waals surface area contributed by atoms with Gasteiger partial charge in [0.2, 0.25) is 9.84 Å². The number of aromatic amines is 1. The maximum atomic E-state index is 13.6. The van der Waals surface area contributed by atoms with Gasteiger partial charge in [-0.05, 0) is 49.9 Å². The third-order valence-corrected chi connectivity index (χ3v) is 7.76. The summed E-state index contributed by atoms with van der Waals surface area (Å²) in [6.45, 7) is 6.26. The molecule has 1 atom stereocenters. The molecule has 0 amide bonds. The van der Waals surface area contributed by atoms with Crippen LogP contribution in [0.4, 0.5) is 0 Å². The van der Waals surface area contributed by atoms with E-state index in [1.54, 1.807) is 18.2 Å². The van der Waals surface area contributed by atoms with Gasteiger partial charge in [-0.2, -0.15) is 5.10 Å². The molecule has 1 N–H and O–H groups in total. The number of ether oxygens (including phenoxy) is 1. The Hall–Kier alpha value is -2.90. The molecule has 3 aromatic carbocycles. The molecule has 7 heteroatoms. The number of benzene rings is 3. The van der Waals surface area contributed by atoms with Gasteiger partial charge in [0, 0.05) is 29.9 Å². The fourth-order valence-electron chi connectivity index (χ4n) is 4.29. The van der Waals surface area contributed by atoms with Crippen LogP contribution in [0.2, 0.25) is 0 Å². The number of sulfone groups is 1. The number of H-pyrrole nitrogens is 1. The van der Waals surface area contributed by atoms with E-state index >= 15 is 0 Å². The number of aromatic nitrogens is 2. The predicted octanol–water partition coefficient (Wildman–Crippen LogP) is 4.41. The Morgan fingerprint density at radius 2 is 1.87 bits per heavy atom. The first-order valence-corrected chi connectivity index (χ1v) is 12.0. The normalized spacial score (nSPS) is 17.7. The van der Waals surface area contributed by atoms with Crippen LogP contribution in [-0.2, 0) is 9.84 Å². The van der Waals surface area contributed by atoms with Gasteiger partial charge in [-0.25, -0.2) is 8.42 Å². The summed E-state index contributed by atoms with van der Waals surface area (Å²) in [4.78, 5) is 2.64. The Kier molecular flexibility index (Phi) is 4.95. The molecule has 0 saturated carbocycles. The lowest BCUT2D eigenvalue weighted by atomic mass is 10.1. The average Bonchev–Trinajstić information content (AvgIpc) is 3.40. The van der Waals surface area contributed by atoms with Gasteiger partial charge in [0.05, 0.1) is 10.4 Å². The van der Waals surface area contributed by atoms with Crippen molar-refractivity contribution >= 4 is 31.5 Å². The van der Waals surface area contributed by atoms with E-state index in [4.69, 9.17) is 4.74 Å². The van der Waals surface area contributed by atoms with Crippen LogP contribution in [0.3, 0.4) is 0 Å². The zero-order valence-electron chi connectivity index (χ0n) is 17.6. The van der Waals surface area contributed by atoms with Crippen molar-refractivity contribution in [2.45, 2.75) is 42.3 Å². The van der Waals surface area contributed by atoms with Crippen molar-refractivity contribution in [3.63, 3.8) is 0 Å². The maximum Gasteiger partial charge on any atom is 0.226 e. The van der Waals surface area contributed by atoms with Gasteiger partial charge in [-0.15, -0.1) is 0 Å². The smallest absolute Gasteiger partial charge is 0.226 e. The SMILES string of the molecule is CC(C)N1CCC(Oc2ccc3[nH]nc(S(=O)(=O)c4cccc5ccccc45)c3c2)C1. The topological polar surface area (TPSA) is 75.3 Å². The van der Waals surface area contributed by atoms with Crippen molar-refractivity contribution in [2.75, 3.05) is 13.1 Å². The molecule has 0 spiro atoms. The maximum absolute atomic E-state index is 13.6. The first-order valence-electron chi connectivity index (χ1n) is 10.5. The number of hydrogen-bond acceptors (Lipinski definition) is 5. The van der Waals surface area contributed by atoms with Crippen LogP contribution < -0.4 is 4.74 Å². The summed E-state index contributed by atoms with van der Waals surface area (Å²) in [6.07, 6.45) is 1.06. The number of fused-ring (bicyclic) bond motifs is 2. The van der Waals surface area contributed by atoms with E-state index in [1.807, 2.05) is 42.5 Å². The lowest BCUT2D eigenvalue weighted by Crippen LogP contribution is -2.30. The average molecular weight is 436 g/mol. The van der Waals surface area contributed by atoms with Gasteiger partial charge in [0.15, 0.2) is 5.03 Å². The largest absolute Gasteiger partial charge is 0.489 e. The van der Waals surface area contributed by atoms with E-state index in [9.17, 15) is 8.42 Å². The second-order valence-electron chi connectivity index (χ2n) is 8.33. The van der Waals surface area contributed by atoms with Crippen molar-refractivity contribution in [3.8, 4) is 5.75 Å². The molecule has 1 aliphatic rings. The molecule has 160 valence electrons. The summed E-state index contributed by atoms with van der Waals surface area (Å²) < 4.78 is 33.3. The molecule has 1 fully saturated rings. The molecule has 1 unspecified atom stereocenters. The molecule has 4 aromatic rings. The third-order valence-electron chi connectivity index (χ3n) is 6.00. The minimum atomic E-state index is -3.82. The number of hydrogen-bond donors (Lipinski definition) is 1. The van der Waals surface area contributed by atoms with E-state index in [0.29, 0.717) is 28.1 Å². The molecule has 1 aliphatic heterocycles. The Morgan fingerprint density at radius 1 is 1.06 bits per heavy atom. The molecule has 1 saturated heterocycles. The van der Waals surface area contributed by atoms with Crippen LogP contribution in [0.15, 0.2) is 70.6 Å². The lowest BCUT2D eigenvalue weighted by Gasteiger charge is -2.20. The van der Waals surface area contributed by atoms with Crippen molar-refractivity contribution in [1.29, 1.82) is 0 Å². The van der Waals surface area contributed by atoms with E-state index in [2.05, 4.69) is 28.9 Å². The highest BCUT2D eigenvalue weighted by atomic mass is 32.2. The van der Waals surface area contributed by atoms with Crippen molar-refractivity contribution < 1.29 is 13.2 Å². The Morgan fingerprint density at radius 3 is 2.68 bits per heavy atom. The van der Waals surface area contributed by atoms with Gasteiger partial charge in [0.1, 0.15) is 11.9 Å². The number of rotatable bonds is 5.